The third kappa shape index (κ3) is 5.38. The molecule has 0 radical (unpaired) electrons. The molecule has 0 aromatic heterocycles. The summed E-state index contributed by atoms with van der Waals surface area (Å²) >= 11 is 0. The van der Waals surface area contributed by atoms with Crippen LogP contribution in [0.3, 0.4) is 0 Å². The summed E-state index contributed by atoms with van der Waals surface area (Å²) in [4.78, 5) is 3.85. The fourth-order valence-electron chi connectivity index (χ4n) is 0.212. The maximum absolute atomic E-state index is 3.85. The smallest absolute Gasteiger partial charge is 0.225 e. The Morgan fingerprint density at radius 1 is 1.57 bits per heavy atom. The molecule has 0 N–H and O–H groups in total. The van der Waals surface area contributed by atoms with E-state index in [1.165, 1.54) is 0 Å². The van der Waals surface area contributed by atoms with E-state index in [-0.39, 0.29) is 0 Å². The maximum atomic E-state index is 3.85. The number of nitrogens with zero attached hydrogens (tertiary/aromatic N) is 2. The molecule has 0 atom stereocenters. The van der Waals surface area contributed by atoms with E-state index in [4.69, 9.17) is 0 Å². The molecule has 0 aliphatic rings. The summed E-state index contributed by atoms with van der Waals surface area (Å²) < 4.78 is 1.80. The molecule has 0 bridgehead atoms. The van der Waals surface area contributed by atoms with Gasteiger partial charge in [-0.3, -0.25) is 0 Å². The second kappa shape index (κ2) is 3.57. The number of aliphatic imine (C=N–C) groups is 1. The standard InChI is InChI=1S/C5H11N2/c1-4-6-5-7(2)3/h4H2,1-3H3/q+1. The first kappa shape index (κ1) is 6.38. The van der Waals surface area contributed by atoms with Crippen molar-refractivity contribution in [3.05, 3.63) is 0 Å². The molecule has 0 aliphatic heterocycles. The zero-order chi connectivity index (χ0) is 5.70. The quantitative estimate of drug-likeness (QED) is 0.335. The van der Waals surface area contributed by atoms with Gasteiger partial charge in [0.15, 0.2) is 0 Å². The lowest BCUT2D eigenvalue weighted by Crippen LogP contribution is -1.91. The Morgan fingerprint density at radius 3 is 2.29 bits per heavy atom. The first-order valence-electron chi connectivity index (χ1n) is 2.36. The topological polar surface area (TPSA) is 15.4 Å². The van der Waals surface area contributed by atoms with E-state index < -0.39 is 0 Å². The first-order valence-corrected chi connectivity index (χ1v) is 2.36. The van der Waals surface area contributed by atoms with Crippen molar-refractivity contribution in [2.24, 2.45) is 4.99 Å². The van der Waals surface area contributed by atoms with Gasteiger partial charge in [-0.1, -0.05) is 0 Å². The van der Waals surface area contributed by atoms with Crippen molar-refractivity contribution in [1.82, 2.24) is 0 Å². The summed E-state index contributed by atoms with van der Waals surface area (Å²) in [6.07, 6.45) is 0. The van der Waals surface area contributed by atoms with Crippen LogP contribution in [0.2, 0.25) is 0 Å². The molecule has 40 valence electrons. The van der Waals surface area contributed by atoms with Crippen molar-refractivity contribution in [3.63, 3.8) is 0 Å². The highest BCUT2D eigenvalue weighted by Gasteiger charge is 1.71. The minimum atomic E-state index is 0.818. The Bertz CT molecular complexity index is 94.6. The highest BCUT2D eigenvalue weighted by Crippen LogP contribution is 1.56. The molecule has 0 saturated heterocycles. The molecule has 0 amide bonds. The minimum Gasteiger partial charge on any atom is -0.225 e. The van der Waals surface area contributed by atoms with E-state index >= 15 is 0 Å². The minimum absolute atomic E-state index is 0.818. The SMILES string of the molecule is CCN=C=[N+](C)C. The van der Waals surface area contributed by atoms with Gasteiger partial charge in [-0.25, -0.2) is 4.58 Å². The van der Waals surface area contributed by atoms with Crippen molar-refractivity contribution in [2.75, 3.05) is 20.6 Å². The first-order chi connectivity index (χ1) is 3.27. The van der Waals surface area contributed by atoms with Gasteiger partial charge >= 0.3 is 6.01 Å². The molecule has 0 aliphatic carbocycles. The zero-order valence-corrected chi connectivity index (χ0v) is 5.10. The molecule has 7 heavy (non-hydrogen) atoms. The summed E-state index contributed by atoms with van der Waals surface area (Å²) in [5.74, 6) is 0. The largest absolute Gasteiger partial charge is 0.305 e. The van der Waals surface area contributed by atoms with Crippen molar-refractivity contribution in [2.45, 2.75) is 6.92 Å². The van der Waals surface area contributed by atoms with Crippen LogP contribution < -0.4 is 0 Å². The van der Waals surface area contributed by atoms with Gasteiger partial charge in [0.1, 0.15) is 6.54 Å². The van der Waals surface area contributed by atoms with Crippen LogP contribution in [-0.2, 0) is 0 Å². The monoisotopic (exact) mass is 99.1 g/mol. The second-order valence-corrected chi connectivity index (χ2v) is 1.47. The molecular formula is C5H11N2+. The van der Waals surface area contributed by atoms with Crippen LogP contribution >= 0.6 is 0 Å². The molecule has 0 spiro atoms. The Labute approximate surface area is 44.2 Å². The number of hydrogen-bond acceptors (Lipinski definition) is 1. The third-order valence-electron chi connectivity index (χ3n) is 0.429. The Morgan fingerprint density at radius 2 is 2.14 bits per heavy atom. The molecule has 2 nitrogen and oxygen atoms in total. The van der Waals surface area contributed by atoms with E-state index in [1.54, 1.807) is 4.58 Å². The fourth-order valence-corrected chi connectivity index (χ4v) is 0.212. The lowest BCUT2D eigenvalue weighted by Gasteiger charge is -1.70. The third-order valence-corrected chi connectivity index (χ3v) is 0.429. The summed E-state index contributed by atoms with van der Waals surface area (Å²) in [6, 6.07) is 2.75. The normalized spacial score (nSPS) is 7.29. The van der Waals surface area contributed by atoms with Gasteiger partial charge in [-0.15, -0.1) is 0 Å². The lowest BCUT2D eigenvalue weighted by atomic mass is 10.8. The van der Waals surface area contributed by atoms with Gasteiger partial charge in [0.2, 0.25) is 0 Å². The van der Waals surface area contributed by atoms with Gasteiger partial charge < -0.3 is 0 Å². The fraction of sp³-hybridized carbons (Fsp3) is 0.800. The molecule has 0 saturated carbocycles. The van der Waals surface area contributed by atoms with E-state index in [0.29, 0.717) is 0 Å². The molecular weight excluding hydrogens is 88.1 g/mol. The van der Waals surface area contributed by atoms with Crippen LogP contribution in [0.25, 0.3) is 0 Å². The van der Waals surface area contributed by atoms with Gasteiger partial charge in [0.05, 0.1) is 14.1 Å². The average Bonchev–Trinajstić information content (AvgIpc) is 1.61. The maximum Gasteiger partial charge on any atom is 0.305 e. The second-order valence-electron chi connectivity index (χ2n) is 1.47. The van der Waals surface area contributed by atoms with Crippen LogP contribution in [0.4, 0.5) is 0 Å². The highest BCUT2D eigenvalue weighted by atomic mass is 14.9. The van der Waals surface area contributed by atoms with E-state index in [0.717, 1.165) is 6.54 Å². The lowest BCUT2D eigenvalue weighted by molar-refractivity contribution is -0.457. The van der Waals surface area contributed by atoms with Crippen molar-refractivity contribution < 1.29 is 4.58 Å². The van der Waals surface area contributed by atoms with Gasteiger partial charge in [0.25, 0.3) is 0 Å². The predicted octanol–water partition coefficient (Wildman–Crippen LogP) is 0.452. The van der Waals surface area contributed by atoms with Gasteiger partial charge in [0, 0.05) is 0 Å². The van der Waals surface area contributed by atoms with Crippen LogP contribution in [-0.4, -0.2) is 31.2 Å². The average molecular weight is 99.2 g/mol. The van der Waals surface area contributed by atoms with Crippen LogP contribution in [0, 0.1) is 0 Å². The molecule has 0 aromatic rings. The molecule has 0 unspecified atom stereocenters. The summed E-state index contributed by atoms with van der Waals surface area (Å²) in [5, 5.41) is 0. The molecule has 0 heterocycles. The predicted molar refractivity (Wildman–Crippen MR) is 30.1 cm³/mol. The van der Waals surface area contributed by atoms with Gasteiger partial charge in [-0.2, -0.15) is 0 Å². The van der Waals surface area contributed by atoms with Crippen LogP contribution in [0.15, 0.2) is 4.99 Å². The summed E-state index contributed by atoms with van der Waals surface area (Å²) in [6.45, 7) is 2.80. The highest BCUT2D eigenvalue weighted by molar-refractivity contribution is 5.33. The summed E-state index contributed by atoms with van der Waals surface area (Å²) in [5.41, 5.74) is 0. The Kier molecular flexibility index (Phi) is 3.25. The molecule has 0 fully saturated rings. The summed E-state index contributed by atoms with van der Waals surface area (Å²) in [7, 11) is 3.80. The van der Waals surface area contributed by atoms with Gasteiger partial charge in [-0.05, 0) is 11.9 Å². The zero-order valence-electron chi connectivity index (χ0n) is 5.10. The van der Waals surface area contributed by atoms with Crippen molar-refractivity contribution >= 4 is 6.01 Å². The molecule has 2 heteroatoms. The van der Waals surface area contributed by atoms with Crippen LogP contribution in [0.5, 0.6) is 0 Å². The number of rotatable bonds is 1. The van der Waals surface area contributed by atoms with Crippen molar-refractivity contribution in [3.8, 4) is 0 Å². The van der Waals surface area contributed by atoms with Crippen molar-refractivity contribution in [1.29, 1.82) is 0 Å². The van der Waals surface area contributed by atoms with E-state index in [9.17, 15) is 0 Å². The molecule has 0 aromatic carbocycles. The molecule has 0 rings (SSSR count). The number of hydrogen-bond donors (Lipinski definition) is 0. The van der Waals surface area contributed by atoms with Crippen LogP contribution in [0.1, 0.15) is 6.92 Å². The van der Waals surface area contributed by atoms with E-state index in [1.807, 2.05) is 21.0 Å². The Hall–Kier alpha value is -0.620. The Balaban J connectivity index is 3.62. The van der Waals surface area contributed by atoms with E-state index in [2.05, 4.69) is 11.0 Å².